The van der Waals surface area contributed by atoms with E-state index in [4.69, 9.17) is 5.73 Å². The average Bonchev–Trinajstić information content (AvgIpc) is 2.80. The molecule has 0 unspecified atom stereocenters. The van der Waals surface area contributed by atoms with Crippen molar-refractivity contribution in [3.63, 3.8) is 0 Å². The number of benzene rings is 1. The summed E-state index contributed by atoms with van der Waals surface area (Å²) in [5.41, 5.74) is 6.06. The fraction of sp³-hybridized carbons (Fsp3) is 0.182. The van der Waals surface area contributed by atoms with Crippen molar-refractivity contribution in [3.8, 4) is 0 Å². The molecule has 0 aliphatic heterocycles. The van der Waals surface area contributed by atoms with E-state index in [2.05, 4.69) is 5.10 Å². The van der Waals surface area contributed by atoms with Crippen LogP contribution in [0.15, 0.2) is 47.6 Å². The Morgan fingerprint density at radius 1 is 1.24 bits per heavy atom. The van der Waals surface area contributed by atoms with Crippen LogP contribution in [0.25, 0.3) is 0 Å². The van der Waals surface area contributed by atoms with Crippen molar-refractivity contribution >= 4 is 15.5 Å². The number of anilines is 1. The van der Waals surface area contributed by atoms with Gasteiger partial charge in [-0.25, -0.2) is 8.42 Å². The van der Waals surface area contributed by atoms with Crippen molar-refractivity contribution in [1.29, 1.82) is 0 Å². The summed E-state index contributed by atoms with van der Waals surface area (Å²) >= 11 is 0. The predicted molar refractivity (Wildman–Crippen MR) is 65.1 cm³/mol. The SMILES string of the molecule is Nc1ccc(S(=O)(=O)CCn2cccn2)cc1. The first-order chi connectivity index (χ1) is 8.08. The second kappa shape index (κ2) is 4.58. The summed E-state index contributed by atoms with van der Waals surface area (Å²) < 4.78 is 25.5. The zero-order chi connectivity index (χ0) is 12.3. The zero-order valence-corrected chi connectivity index (χ0v) is 9.97. The van der Waals surface area contributed by atoms with Gasteiger partial charge >= 0.3 is 0 Å². The Balaban J connectivity index is 2.11. The summed E-state index contributed by atoms with van der Waals surface area (Å²) in [7, 11) is -3.27. The highest BCUT2D eigenvalue weighted by Gasteiger charge is 2.13. The Kier molecular flexibility index (Phi) is 3.14. The van der Waals surface area contributed by atoms with E-state index in [1.165, 1.54) is 12.1 Å². The first kappa shape index (κ1) is 11.7. The number of aryl methyl sites for hydroxylation is 1. The molecule has 1 aromatic heterocycles. The Bertz CT molecular complexity index is 574. The van der Waals surface area contributed by atoms with E-state index >= 15 is 0 Å². The lowest BCUT2D eigenvalue weighted by Gasteiger charge is -2.05. The van der Waals surface area contributed by atoms with Crippen molar-refractivity contribution < 1.29 is 8.42 Å². The van der Waals surface area contributed by atoms with E-state index in [-0.39, 0.29) is 5.75 Å². The number of rotatable bonds is 4. The molecule has 0 aliphatic carbocycles. The van der Waals surface area contributed by atoms with Gasteiger partial charge in [-0.1, -0.05) is 0 Å². The van der Waals surface area contributed by atoms with Gasteiger partial charge in [0, 0.05) is 18.1 Å². The normalized spacial score (nSPS) is 11.5. The number of nitrogens with two attached hydrogens (primary N) is 1. The van der Waals surface area contributed by atoms with Gasteiger partial charge < -0.3 is 5.73 Å². The number of aromatic nitrogens is 2. The van der Waals surface area contributed by atoms with Crippen molar-refractivity contribution in [2.45, 2.75) is 11.4 Å². The van der Waals surface area contributed by atoms with Crippen LogP contribution < -0.4 is 5.73 Å². The lowest BCUT2D eigenvalue weighted by molar-refractivity contribution is 0.580. The fourth-order valence-corrected chi connectivity index (χ4v) is 2.65. The van der Waals surface area contributed by atoms with Crippen LogP contribution in [0.2, 0.25) is 0 Å². The maximum atomic E-state index is 12.0. The van der Waals surface area contributed by atoms with Crippen LogP contribution in [0.3, 0.4) is 0 Å². The van der Waals surface area contributed by atoms with Crippen molar-refractivity contribution in [2.24, 2.45) is 0 Å². The third-order valence-electron chi connectivity index (χ3n) is 2.39. The highest BCUT2D eigenvalue weighted by atomic mass is 32.2. The van der Waals surface area contributed by atoms with Gasteiger partial charge in [0.05, 0.1) is 17.2 Å². The quantitative estimate of drug-likeness (QED) is 0.820. The van der Waals surface area contributed by atoms with Gasteiger partial charge in [-0.05, 0) is 30.3 Å². The van der Waals surface area contributed by atoms with Crippen LogP contribution in [0.4, 0.5) is 5.69 Å². The molecule has 6 heteroatoms. The molecule has 2 N–H and O–H groups in total. The molecular formula is C11H13N3O2S. The minimum atomic E-state index is -3.27. The van der Waals surface area contributed by atoms with Crippen LogP contribution in [0, 0.1) is 0 Å². The fourth-order valence-electron chi connectivity index (χ4n) is 1.44. The number of sulfone groups is 1. The molecule has 1 heterocycles. The van der Waals surface area contributed by atoms with Gasteiger partial charge in [-0.15, -0.1) is 0 Å². The summed E-state index contributed by atoms with van der Waals surface area (Å²) in [4.78, 5) is 0.291. The van der Waals surface area contributed by atoms with E-state index in [0.717, 1.165) is 0 Å². The lowest BCUT2D eigenvalue weighted by atomic mass is 10.3. The van der Waals surface area contributed by atoms with E-state index in [1.807, 2.05) is 0 Å². The molecule has 0 radical (unpaired) electrons. The highest BCUT2D eigenvalue weighted by molar-refractivity contribution is 7.91. The first-order valence-corrected chi connectivity index (χ1v) is 6.79. The number of hydrogen-bond donors (Lipinski definition) is 1. The number of nitrogens with zero attached hydrogens (tertiary/aromatic N) is 2. The average molecular weight is 251 g/mol. The standard InChI is InChI=1S/C11H13N3O2S/c12-10-2-4-11(5-3-10)17(15,16)9-8-14-7-1-6-13-14/h1-7H,8-9,12H2. The summed E-state index contributed by atoms with van der Waals surface area (Å²) in [6.45, 7) is 0.347. The molecule has 1 aromatic carbocycles. The molecule has 0 amide bonds. The molecule has 2 aromatic rings. The molecule has 2 rings (SSSR count). The Labute approximate surface area is 99.8 Å². The molecule has 0 saturated carbocycles. The summed E-state index contributed by atoms with van der Waals surface area (Å²) in [5.74, 6) is 0.0264. The van der Waals surface area contributed by atoms with E-state index in [9.17, 15) is 8.42 Å². The van der Waals surface area contributed by atoms with Crippen LogP contribution in [0.5, 0.6) is 0 Å². The zero-order valence-electron chi connectivity index (χ0n) is 9.15. The number of nitrogen functional groups attached to an aromatic ring is 1. The second-order valence-electron chi connectivity index (χ2n) is 3.66. The second-order valence-corrected chi connectivity index (χ2v) is 5.77. The molecular weight excluding hydrogens is 238 g/mol. The number of hydrogen-bond acceptors (Lipinski definition) is 4. The molecule has 0 aliphatic rings. The summed E-state index contributed by atoms with van der Waals surface area (Å²) in [5, 5.41) is 3.96. The Morgan fingerprint density at radius 3 is 2.53 bits per heavy atom. The van der Waals surface area contributed by atoms with E-state index in [0.29, 0.717) is 17.1 Å². The van der Waals surface area contributed by atoms with E-state index < -0.39 is 9.84 Å². The third-order valence-corrected chi connectivity index (χ3v) is 4.10. The third kappa shape index (κ3) is 2.85. The highest BCUT2D eigenvalue weighted by Crippen LogP contribution is 2.13. The van der Waals surface area contributed by atoms with Crippen LogP contribution >= 0.6 is 0 Å². The Hall–Kier alpha value is -1.82. The summed E-state index contributed by atoms with van der Waals surface area (Å²) in [6, 6.07) is 7.97. The minimum Gasteiger partial charge on any atom is -0.399 e. The summed E-state index contributed by atoms with van der Waals surface area (Å²) in [6.07, 6.45) is 3.36. The molecule has 5 nitrogen and oxygen atoms in total. The van der Waals surface area contributed by atoms with E-state index in [1.54, 1.807) is 35.3 Å². The van der Waals surface area contributed by atoms with Gasteiger partial charge in [-0.3, -0.25) is 4.68 Å². The Morgan fingerprint density at radius 2 is 1.94 bits per heavy atom. The van der Waals surface area contributed by atoms with Crippen LogP contribution in [-0.2, 0) is 16.4 Å². The van der Waals surface area contributed by atoms with Crippen LogP contribution in [0.1, 0.15) is 0 Å². The monoisotopic (exact) mass is 251 g/mol. The first-order valence-electron chi connectivity index (χ1n) is 5.14. The lowest BCUT2D eigenvalue weighted by Crippen LogP contribution is -2.13. The van der Waals surface area contributed by atoms with Crippen molar-refractivity contribution in [3.05, 3.63) is 42.7 Å². The maximum absolute atomic E-state index is 12.0. The largest absolute Gasteiger partial charge is 0.399 e. The topological polar surface area (TPSA) is 78.0 Å². The molecule has 0 spiro atoms. The van der Waals surface area contributed by atoms with Crippen molar-refractivity contribution in [1.82, 2.24) is 9.78 Å². The minimum absolute atomic E-state index is 0.0264. The van der Waals surface area contributed by atoms with Gasteiger partial charge in [0.1, 0.15) is 0 Å². The van der Waals surface area contributed by atoms with Crippen molar-refractivity contribution in [2.75, 3.05) is 11.5 Å². The van der Waals surface area contributed by atoms with Gasteiger partial charge in [0.15, 0.2) is 9.84 Å². The molecule has 17 heavy (non-hydrogen) atoms. The smallest absolute Gasteiger partial charge is 0.180 e. The maximum Gasteiger partial charge on any atom is 0.180 e. The molecule has 90 valence electrons. The molecule has 0 fully saturated rings. The molecule has 0 saturated heterocycles. The predicted octanol–water partition coefficient (Wildman–Crippen LogP) is 0.939. The molecule has 0 atom stereocenters. The molecule has 0 bridgehead atoms. The van der Waals surface area contributed by atoms with Crippen LogP contribution in [-0.4, -0.2) is 24.0 Å². The van der Waals surface area contributed by atoms with Gasteiger partial charge in [0.2, 0.25) is 0 Å². The van der Waals surface area contributed by atoms with Gasteiger partial charge in [-0.2, -0.15) is 5.10 Å². The van der Waals surface area contributed by atoms with Gasteiger partial charge in [0.25, 0.3) is 0 Å².